The SMILES string of the molecule is C=CCn1c(SCC(=O)Nc2cccnc2Cl)nc2sc3c(c2c1=O)CCC(C)C3. The Labute approximate surface area is 187 Å². The van der Waals surface area contributed by atoms with Crippen LogP contribution in [-0.4, -0.2) is 26.2 Å². The number of thiophene rings is 1. The average molecular weight is 461 g/mol. The number of carbonyl (C=O) groups excluding carboxylic acids is 1. The normalized spacial score (nSPS) is 15.7. The Hall–Kier alpha value is -2.16. The van der Waals surface area contributed by atoms with Crippen molar-refractivity contribution in [3.63, 3.8) is 0 Å². The molecule has 1 N–H and O–H groups in total. The first-order valence-electron chi connectivity index (χ1n) is 9.67. The molecule has 0 aliphatic heterocycles. The zero-order valence-electron chi connectivity index (χ0n) is 16.5. The van der Waals surface area contributed by atoms with E-state index in [1.165, 1.54) is 16.6 Å². The van der Waals surface area contributed by atoms with Crippen LogP contribution in [0, 0.1) is 5.92 Å². The number of aryl methyl sites for hydroxylation is 1. The molecule has 156 valence electrons. The zero-order chi connectivity index (χ0) is 21.3. The Morgan fingerprint density at radius 2 is 2.37 bits per heavy atom. The summed E-state index contributed by atoms with van der Waals surface area (Å²) in [6, 6.07) is 3.39. The second-order valence-electron chi connectivity index (χ2n) is 7.31. The number of hydrogen-bond acceptors (Lipinski definition) is 6. The summed E-state index contributed by atoms with van der Waals surface area (Å²) in [5.41, 5.74) is 1.56. The highest BCUT2D eigenvalue weighted by molar-refractivity contribution is 7.99. The van der Waals surface area contributed by atoms with Crippen LogP contribution >= 0.6 is 34.7 Å². The van der Waals surface area contributed by atoms with Crippen LogP contribution in [0.4, 0.5) is 5.69 Å². The van der Waals surface area contributed by atoms with Crippen molar-refractivity contribution in [2.45, 2.75) is 37.9 Å². The molecule has 9 heteroatoms. The van der Waals surface area contributed by atoms with Crippen molar-refractivity contribution in [1.29, 1.82) is 0 Å². The minimum Gasteiger partial charge on any atom is -0.323 e. The summed E-state index contributed by atoms with van der Waals surface area (Å²) in [5.74, 6) is 0.481. The summed E-state index contributed by atoms with van der Waals surface area (Å²) in [6.45, 7) is 6.36. The van der Waals surface area contributed by atoms with E-state index in [4.69, 9.17) is 16.6 Å². The van der Waals surface area contributed by atoms with E-state index in [2.05, 4.69) is 23.8 Å². The van der Waals surface area contributed by atoms with Crippen molar-refractivity contribution in [2.24, 2.45) is 5.92 Å². The van der Waals surface area contributed by atoms with E-state index in [1.54, 1.807) is 40.3 Å². The van der Waals surface area contributed by atoms with Crippen LogP contribution in [0.15, 0.2) is 40.9 Å². The van der Waals surface area contributed by atoms with Gasteiger partial charge in [-0.1, -0.05) is 36.4 Å². The van der Waals surface area contributed by atoms with Gasteiger partial charge in [0.15, 0.2) is 10.3 Å². The van der Waals surface area contributed by atoms with Crippen LogP contribution in [0.25, 0.3) is 10.2 Å². The summed E-state index contributed by atoms with van der Waals surface area (Å²) < 4.78 is 1.61. The first-order valence-corrected chi connectivity index (χ1v) is 11.8. The van der Waals surface area contributed by atoms with Gasteiger partial charge in [0, 0.05) is 17.6 Å². The highest BCUT2D eigenvalue weighted by Gasteiger charge is 2.24. The maximum Gasteiger partial charge on any atom is 0.263 e. The van der Waals surface area contributed by atoms with Crippen LogP contribution in [0.1, 0.15) is 23.8 Å². The van der Waals surface area contributed by atoms with Gasteiger partial charge < -0.3 is 5.32 Å². The van der Waals surface area contributed by atoms with Gasteiger partial charge in [0.05, 0.1) is 16.8 Å². The molecule has 0 saturated heterocycles. The molecule has 0 saturated carbocycles. The number of allylic oxidation sites excluding steroid dienone is 1. The molecule has 3 aromatic rings. The highest BCUT2D eigenvalue weighted by Crippen LogP contribution is 2.36. The number of hydrogen-bond donors (Lipinski definition) is 1. The monoisotopic (exact) mass is 460 g/mol. The zero-order valence-corrected chi connectivity index (χ0v) is 18.9. The third kappa shape index (κ3) is 4.17. The molecule has 3 aromatic heterocycles. The summed E-state index contributed by atoms with van der Waals surface area (Å²) in [5, 5.41) is 4.23. The first kappa shape index (κ1) is 21.1. The van der Waals surface area contributed by atoms with Gasteiger partial charge in [-0.2, -0.15) is 0 Å². The number of fused-ring (bicyclic) bond motifs is 3. The molecule has 1 atom stereocenters. The molecule has 0 bridgehead atoms. The molecule has 0 fully saturated rings. The fraction of sp³-hybridized carbons (Fsp3) is 0.333. The number of nitrogens with one attached hydrogen (secondary N) is 1. The number of halogens is 1. The fourth-order valence-corrected chi connectivity index (χ4v) is 6.00. The molecule has 0 radical (unpaired) electrons. The Morgan fingerprint density at radius 1 is 1.53 bits per heavy atom. The van der Waals surface area contributed by atoms with E-state index in [1.807, 2.05) is 0 Å². The summed E-state index contributed by atoms with van der Waals surface area (Å²) in [7, 11) is 0. The second kappa shape index (κ2) is 8.91. The molecule has 4 rings (SSSR count). The number of anilines is 1. The topological polar surface area (TPSA) is 76.9 Å². The standard InChI is InChI=1S/C21H21ClN4O2S2/c1-3-9-26-20(28)17-13-7-6-12(2)10-15(13)30-19(17)25-21(26)29-11-16(27)24-14-5-4-8-23-18(14)22/h3-5,8,12H,1,6-7,9-11H2,2H3,(H,24,27). The van der Waals surface area contributed by atoms with Crippen molar-refractivity contribution in [3.05, 3.63) is 56.9 Å². The van der Waals surface area contributed by atoms with E-state index < -0.39 is 0 Å². The van der Waals surface area contributed by atoms with Crippen molar-refractivity contribution >= 4 is 56.5 Å². The van der Waals surface area contributed by atoms with Crippen molar-refractivity contribution in [3.8, 4) is 0 Å². The molecule has 30 heavy (non-hydrogen) atoms. The predicted molar refractivity (Wildman–Crippen MR) is 124 cm³/mol. The lowest BCUT2D eigenvalue weighted by Gasteiger charge is -2.17. The Bertz CT molecular complexity index is 1190. The lowest BCUT2D eigenvalue weighted by Crippen LogP contribution is -2.24. The summed E-state index contributed by atoms with van der Waals surface area (Å²) in [6.07, 6.45) is 6.24. The van der Waals surface area contributed by atoms with Gasteiger partial charge in [-0.25, -0.2) is 9.97 Å². The van der Waals surface area contributed by atoms with Crippen LogP contribution < -0.4 is 10.9 Å². The van der Waals surface area contributed by atoms with Crippen molar-refractivity contribution in [2.75, 3.05) is 11.1 Å². The maximum absolute atomic E-state index is 13.3. The second-order valence-corrected chi connectivity index (χ2v) is 9.69. The third-order valence-corrected chi connectivity index (χ3v) is 7.48. The van der Waals surface area contributed by atoms with Gasteiger partial charge in [0.25, 0.3) is 5.56 Å². The number of rotatable bonds is 6. The lowest BCUT2D eigenvalue weighted by atomic mass is 9.89. The van der Waals surface area contributed by atoms with Gasteiger partial charge in [0.1, 0.15) is 4.83 Å². The minimum atomic E-state index is -0.242. The lowest BCUT2D eigenvalue weighted by molar-refractivity contribution is -0.113. The van der Waals surface area contributed by atoms with E-state index >= 15 is 0 Å². The highest BCUT2D eigenvalue weighted by atomic mass is 35.5. The number of carbonyl (C=O) groups is 1. The summed E-state index contributed by atoms with van der Waals surface area (Å²) in [4.78, 5) is 36.4. The minimum absolute atomic E-state index is 0.0508. The molecule has 1 aliphatic carbocycles. The van der Waals surface area contributed by atoms with E-state index in [0.717, 1.165) is 35.0 Å². The first-order chi connectivity index (χ1) is 14.5. The Balaban J connectivity index is 1.62. The van der Waals surface area contributed by atoms with Gasteiger partial charge >= 0.3 is 0 Å². The number of aromatic nitrogens is 3. The molecular formula is C21H21ClN4O2S2. The number of nitrogens with zero attached hydrogens (tertiary/aromatic N) is 3. The average Bonchev–Trinajstić information content (AvgIpc) is 3.08. The van der Waals surface area contributed by atoms with Gasteiger partial charge in [-0.15, -0.1) is 17.9 Å². The smallest absolute Gasteiger partial charge is 0.263 e. The van der Waals surface area contributed by atoms with Gasteiger partial charge in [-0.05, 0) is 42.9 Å². The van der Waals surface area contributed by atoms with Crippen LogP contribution in [0.3, 0.4) is 0 Å². The van der Waals surface area contributed by atoms with Crippen LogP contribution in [0.5, 0.6) is 0 Å². The molecular weight excluding hydrogens is 440 g/mol. The van der Waals surface area contributed by atoms with E-state index in [-0.39, 0.29) is 22.4 Å². The van der Waals surface area contributed by atoms with Gasteiger partial charge in [0.2, 0.25) is 5.91 Å². The third-order valence-electron chi connectivity index (χ3n) is 5.06. The maximum atomic E-state index is 13.3. The van der Waals surface area contributed by atoms with Crippen LogP contribution in [-0.2, 0) is 24.2 Å². The quantitative estimate of drug-likeness (QED) is 0.253. The predicted octanol–water partition coefficient (Wildman–Crippen LogP) is 4.55. The van der Waals surface area contributed by atoms with Crippen molar-refractivity contribution in [1.82, 2.24) is 14.5 Å². The number of thioether (sulfide) groups is 1. The van der Waals surface area contributed by atoms with E-state index in [9.17, 15) is 9.59 Å². The molecule has 1 amide bonds. The largest absolute Gasteiger partial charge is 0.323 e. The molecule has 0 spiro atoms. The molecule has 1 aliphatic rings. The van der Waals surface area contributed by atoms with Crippen LogP contribution in [0.2, 0.25) is 5.15 Å². The molecule has 3 heterocycles. The molecule has 1 unspecified atom stereocenters. The summed E-state index contributed by atoms with van der Waals surface area (Å²) >= 11 is 8.84. The number of amides is 1. The Kier molecular flexibility index (Phi) is 6.26. The Morgan fingerprint density at radius 3 is 3.13 bits per heavy atom. The van der Waals surface area contributed by atoms with E-state index in [0.29, 0.717) is 23.3 Å². The van der Waals surface area contributed by atoms with Crippen molar-refractivity contribution < 1.29 is 4.79 Å². The molecule has 6 nitrogen and oxygen atoms in total. The fourth-order valence-electron chi connectivity index (χ4n) is 3.60. The molecule has 0 aromatic carbocycles. The number of pyridine rings is 1. The van der Waals surface area contributed by atoms with Gasteiger partial charge in [-0.3, -0.25) is 14.2 Å².